The number of rotatable bonds is 4. The summed E-state index contributed by atoms with van der Waals surface area (Å²) in [5, 5.41) is 3.41. The molecule has 1 saturated heterocycles. The number of ether oxygens (including phenoxy) is 1. The molecule has 120 valence electrons. The SMILES string of the molecule is COc1ccc(Cl)cc1C(=O)Nc1cccnc1N1CCCC1. The van der Waals surface area contributed by atoms with E-state index >= 15 is 0 Å². The smallest absolute Gasteiger partial charge is 0.259 e. The molecule has 0 spiro atoms. The first-order valence-electron chi connectivity index (χ1n) is 7.54. The predicted octanol–water partition coefficient (Wildman–Crippen LogP) is 3.60. The molecule has 1 aliphatic rings. The summed E-state index contributed by atoms with van der Waals surface area (Å²) in [5.74, 6) is 1.02. The van der Waals surface area contributed by atoms with Gasteiger partial charge in [-0.25, -0.2) is 4.98 Å². The van der Waals surface area contributed by atoms with Crippen LogP contribution in [-0.4, -0.2) is 31.1 Å². The van der Waals surface area contributed by atoms with Crippen molar-refractivity contribution in [3.8, 4) is 5.75 Å². The fourth-order valence-corrected chi connectivity index (χ4v) is 2.89. The van der Waals surface area contributed by atoms with Gasteiger partial charge in [-0.3, -0.25) is 4.79 Å². The van der Waals surface area contributed by atoms with Gasteiger partial charge in [-0.05, 0) is 43.2 Å². The summed E-state index contributed by atoms with van der Waals surface area (Å²) in [7, 11) is 1.53. The van der Waals surface area contributed by atoms with Crippen LogP contribution >= 0.6 is 11.6 Å². The van der Waals surface area contributed by atoms with E-state index in [1.165, 1.54) is 7.11 Å². The highest BCUT2D eigenvalue weighted by Gasteiger charge is 2.19. The van der Waals surface area contributed by atoms with Crippen LogP contribution in [0, 0.1) is 0 Å². The molecule has 1 aliphatic heterocycles. The Bertz CT molecular complexity index is 715. The van der Waals surface area contributed by atoms with Crippen LogP contribution in [0.1, 0.15) is 23.2 Å². The lowest BCUT2D eigenvalue weighted by Gasteiger charge is -2.20. The predicted molar refractivity (Wildman–Crippen MR) is 91.6 cm³/mol. The maximum absolute atomic E-state index is 12.6. The zero-order valence-corrected chi connectivity index (χ0v) is 13.6. The number of pyridine rings is 1. The van der Waals surface area contributed by atoms with E-state index in [0.717, 1.165) is 31.7 Å². The molecule has 1 amide bonds. The van der Waals surface area contributed by atoms with E-state index in [-0.39, 0.29) is 5.91 Å². The number of anilines is 2. The average Bonchev–Trinajstić information content (AvgIpc) is 3.09. The molecule has 2 aromatic rings. The molecular weight excluding hydrogens is 314 g/mol. The number of benzene rings is 1. The van der Waals surface area contributed by atoms with Crippen LogP contribution in [0.3, 0.4) is 0 Å². The molecular formula is C17H18ClN3O2. The maximum atomic E-state index is 12.6. The molecule has 0 atom stereocenters. The highest BCUT2D eigenvalue weighted by Crippen LogP contribution is 2.28. The molecule has 3 rings (SSSR count). The fraction of sp³-hybridized carbons (Fsp3) is 0.294. The summed E-state index contributed by atoms with van der Waals surface area (Å²) in [6, 6.07) is 8.64. The Morgan fingerprint density at radius 1 is 1.30 bits per heavy atom. The van der Waals surface area contributed by atoms with Gasteiger partial charge in [-0.2, -0.15) is 0 Å². The van der Waals surface area contributed by atoms with Crippen LogP contribution in [0.2, 0.25) is 5.02 Å². The number of carbonyl (C=O) groups excluding carboxylic acids is 1. The molecule has 0 aliphatic carbocycles. The zero-order valence-electron chi connectivity index (χ0n) is 12.9. The van der Waals surface area contributed by atoms with E-state index < -0.39 is 0 Å². The van der Waals surface area contributed by atoms with Crippen LogP contribution in [0.25, 0.3) is 0 Å². The lowest BCUT2D eigenvalue weighted by Crippen LogP contribution is -2.22. The summed E-state index contributed by atoms with van der Waals surface area (Å²) >= 11 is 6.00. The van der Waals surface area contributed by atoms with Crippen molar-refractivity contribution < 1.29 is 9.53 Å². The van der Waals surface area contributed by atoms with Gasteiger partial charge in [-0.15, -0.1) is 0 Å². The van der Waals surface area contributed by atoms with Crippen molar-refractivity contribution in [2.24, 2.45) is 0 Å². The monoisotopic (exact) mass is 331 g/mol. The second-order valence-electron chi connectivity index (χ2n) is 5.37. The van der Waals surface area contributed by atoms with Crippen LogP contribution in [0.4, 0.5) is 11.5 Å². The second-order valence-corrected chi connectivity index (χ2v) is 5.80. The second kappa shape index (κ2) is 6.87. The van der Waals surface area contributed by atoms with Crippen molar-refractivity contribution in [2.75, 3.05) is 30.4 Å². The Labute approximate surface area is 140 Å². The third kappa shape index (κ3) is 3.40. The van der Waals surface area contributed by atoms with Gasteiger partial charge >= 0.3 is 0 Å². The van der Waals surface area contributed by atoms with Gasteiger partial charge in [-0.1, -0.05) is 11.6 Å². The van der Waals surface area contributed by atoms with Crippen molar-refractivity contribution in [3.63, 3.8) is 0 Å². The van der Waals surface area contributed by atoms with Gasteiger partial charge in [0.25, 0.3) is 5.91 Å². The minimum Gasteiger partial charge on any atom is -0.496 e. The number of carbonyl (C=O) groups is 1. The summed E-state index contributed by atoms with van der Waals surface area (Å²) in [6.45, 7) is 1.92. The third-order valence-corrected chi connectivity index (χ3v) is 4.08. The number of methoxy groups -OCH3 is 1. The summed E-state index contributed by atoms with van der Waals surface area (Å²) in [5.41, 5.74) is 1.10. The van der Waals surface area contributed by atoms with Crippen molar-refractivity contribution >= 4 is 29.0 Å². The van der Waals surface area contributed by atoms with Gasteiger partial charge in [0.1, 0.15) is 5.75 Å². The van der Waals surface area contributed by atoms with Gasteiger partial charge < -0.3 is 15.0 Å². The number of aromatic nitrogens is 1. The van der Waals surface area contributed by atoms with Crippen molar-refractivity contribution in [3.05, 3.63) is 47.1 Å². The molecule has 0 unspecified atom stereocenters. The Morgan fingerprint density at radius 3 is 2.83 bits per heavy atom. The van der Waals surface area contributed by atoms with E-state index in [1.807, 2.05) is 12.1 Å². The number of halogens is 1. The molecule has 1 aromatic carbocycles. The van der Waals surface area contributed by atoms with E-state index in [2.05, 4.69) is 15.2 Å². The molecule has 1 aromatic heterocycles. The summed E-state index contributed by atoms with van der Waals surface area (Å²) in [4.78, 5) is 19.2. The van der Waals surface area contributed by atoms with Gasteiger partial charge in [0.05, 0.1) is 18.4 Å². The first kappa shape index (κ1) is 15.6. The number of amides is 1. The Hall–Kier alpha value is -2.27. The Kier molecular flexibility index (Phi) is 4.67. The van der Waals surface area contributed by atoms with E-state index in [0.29, 0.717) is 22.0 Å². The zero-order chi connectivity index (χ0) is 16.2. The van der Waals surface area contributed by atoms with Crippen LogP contribution < -0.4 is 15.0 Å². The molecule has 6 heteroatoms. The van der Waals surface area contributed by atoms with E-state index in [1.54, 1.807) is 24.4 Å². The lowest BCUT2D eigenvalue weighted by atomic mass is 10.2. The van der Waals surface area contributed by atoms with Crippen molar-refractivity contribution in [1.29, 1.82) is 0 Å². The lowest BCUT2D eigenvalue weighted by molar-refractivity contribution is 0.102. The number of nitrogens with zero attached hydrogens (tertiary/aromatic N) is 2. The molecule has 1 N–H and O–H groups in total. The molecule has 5 nitrogen and oxygen atoms in total. The van der Waals surface area contributed by atoms with Gasteiger partial charge in [0.2, 0.25) is 0 Å². The quantitative estimate of drug-likeness (QED) is 0.930. The Balaban J connectivity index is 1.87. The van der Waals surface area contributed by atoms with Gasteiger partial charge in [0.15, 0.2) is 5.82 Å². The number of nitrogens with one attached hydrogen (secondary N) is 1. The highest BCUT2D eigenvalue weighted by molar-refractivity contribution is 6.31. The van der Waals surface area contributed by atoms with Crippen LogP contribution in [0.15, 0.2) is 36.5 Å². The van der Waals surface area contributed by atoms with E-state index in [9.17, 15) is 4.79 Å². The molecule has 1 fully saturated rings. The van der Waals surface area contributed by atoms with Gasteiger partial charge in [0, 0.05) is 24.3 Å². The normalized spacial score (nSPS) is 13.9. The summed E-state index contributed by atoms with van der Waals surface area (Å²) < 4.78 is 5.24. The van der Waals surface area contributed by atoms with Crippen LogP contribution in [0.5, 0.6) is 5.75 Å². The minimum atomic E-state index is -0.266. The highest BCUT2D eigenvalue weighted by atomic mass is 35.5. The molecule has 23 heavy (non-hydrogen) atoms. The average molecular weight is 332 g/mol. The number of hydrogen-bond acceptors (Lipinski definition) is 4. The standard InChI is InChI=1S/C17H18ClN3O2/c1-23-15-7-6-12(18)11-13(15)17(22)20-14-5-4-8-19-16(14)21-9-2-3-10-21/h4-8,11H,2-3,9-10H2,1H3,(H,20,22). The third-order valence-electron chi connectivity index (χ3n) is 3.85. The van der Waals surface area contributed by atoms with Crippen molar-refractivity contribution in [1.82, 2.24) is 4.98 Å². The molecule has 0 bridgehead atoms. The van der Waals surface area contributed by atoms with Crippen molar-refractivity contribution in [2.45, 2.75) is 12.8 Å². The fourth-order valence-electron chi connectivity index (χ4n) is 2.72. The van der Waals surface area contributed by atoms with E-state index in [4.69, 9.17) is 16.3 Å². The number of hydrogen-bond donors (Lipinski definition) is 1. The topological polar surface area (TPSA) is 54.5 Å². The largest absolute Gasteiger partial charge is 0.496 e. The first-order chi connectivity index (χ1) is 11.2. The molecule has 0 saturated carbocycles. The summed E-state index contributed by atoms with van der Waals surface area (Å²) in [6.07, 6.45) is 4.03. The maximum Gasteiger partial charge on any atom is 0.259 e. The molecule has 2 heterocycles. The molecule has 0 radical (unpaired) electrons. The van der Waals surface area contributed by atoms with Crippen LogP contribution in [-0.2, 0) is 0 Å². The minimum absolute atomic E-state index is 0.266. The Morgan fingerprint density at radius 2 is 2.09 bits per heavy atom. The first-order valence-corrected chi connectivity index (χ1v) is 7.91.